The van der Waals surface area contributed by atoms with Crippen LogP contribution in [0.4, 0.5) is 9.59 Å². The number of carbonyl (C=O) groups is 4. The summed E-state index contributed by atoms with van der Waals surface area (Å²) in [6.45, 7) is 2.82. The SMILES string of the molecule is CCOC(=O)C(CC=O)C1CCN(C(=O)O)C(Cc2ccccc2)C1.O=C(O)N1CCC(c2ccn[nH]c2=O)CC1Cc1ccccc1. The standard InChI is InChI=1S/C19H25NO5.C17H19N3O3/c1-2-25-18(22)17(9-11-21)15-8-10-20(19(23)24)16(13-15)12-14-6-4-3-5-7-14;21-16-15(6-8-18-19-16)13-7-9-20(17(22)23)14(11-13)10-12-4-2-1-3-5-12/h3-7,11,15-17H,2,8-10,12-13H2,1H3,(H,23,24);1-6,8,13-14H,7,9-11H2,(H,19,21)(H,22,23). The Balaban J connectivity index is 0.000000217. The number of aromatic amines is 1. The van der Waals surface area contributed by atoms with E-state index >= 15 is 0 Å². The fraction of sp³-hybridized carbons (Fsp3) is 0.444. The molecule has 1 aromatic heterocycles. The fourth-order valence-electron chi connectivity index (χ4n) is 6.95. The normalized spacial score (nSPS) is 21.3. The number of piperidine rings is 2. The molecule has 2 fully saturated rings. The van der Waals surface area contributed by atoms with Crippen LogP contribution in [0.15, 0.2) is 77.7 Å². The van der Waals surface area contributed by atoms with E-state index in [1.54, 1.807) is 19.2 Å². The van der Waals surface area contributed by atoms with Gasteiger partial charge in [-0.3, -0.25) is 9.59 Å². The van der Waals surface area contributed by atoms with Crippen molar-refractivity contribution < 1.29 is 34.1 Å². The molecular weight excluding hydrogens is 616 g/mol. The van der Waals surface area contributed by atoms with Crippen molar-refractivity contribution in [2.24, 2.45) is 11.8 Å². The highest BCUT2D eigenvalue weighted by Crippen LogP contribution is 2.33. The summed E-state index contributed by atoms with van der Waals surface area (Å²) in [4.78, 5) is 61.2. The molecule has 3 aromatic rings. The molecule has 5 unspecified atom stereocenters. The number of hydrogen-bond acceptors (Lipinski definition) is 7. The lowest BCUT2D eigenvalue weighted by atomic mass is 9.78. The molecule has 0 radical (unpaired) electrons. The summed E-state index contributed by atoms with van der Waals surface area (Å²) < 4.78 is 5.11. The van der Waals surface area contributed by atoms with E-state index in [0.29, 0.717) is 57.2 Å². The summed E-state index contributed by atoms with van der Waals surface area (Å²) in [5.74, 6) is -0.840. The van der Waals surface area contributed by atoms with E-state index in [4.69, 9.17) is 4.74 Å². The Morgan fingerprint density at radius 3 is 1.98 bits per heavy atom. The van der Waals surface area contributed by atoms with Crippen LogP contribution in [-0.4, -0.2) is 86.4 Å². The molecule has 0 bridgehead atoms. The molecule has 256 valence electrons. The van der Waals surface area contributed by atoms with Gasteiger partial charge in [0.2, 0.25) is 0 Å². The highest BCUT2D eigenvalue weighted by Gasteiger charge is 2.38. The second-order valence-corrected chi connectivity index (χ2v) is 12.2. The minimum Gasteiger partial charge on any atom is -0.466 e. The number of ether oxygens (including phenoxy) is 1. The van der Waals surface area contributed by atoms with E-state index < -0.39 is 18.1 Å². The molecule has 2 saturated heterocycles. The predicted molar refractivity (Wildman–Crippen MR) is 178 cm³/mol. The van der Waals surface area contributed by atoms with E-state index in [1.807, 2.05) is 60.7 Å². The van der Waals surface area contributed by atoms with E-state index in [9.17, 15) is 34.2 Å². The first-order valence-corrected chi connectivity index (χ1v) is 16.4. The lowest BCUT2D eigenvalue weighted by molar-refractivity contribution is -0.152. The van der Waals surface area contributed by atoms with E-state index in [2.05, 4.69) is 10.2 Å². The Labute approximate surface area is 279 Å². The van der Waals surface area contributed by atoms with Crippen molar-refractivity contribution in [2.45, 2.75) is 69.9 Å². The summed E-state index contributed by atoms with van der Waals surface area (Å²) in [5, 5.41) is 25.1. The molecule has 2 aromatic carbocycles. The molecule has 2 aliphatic rings. The van der Waals surface area contributed by atoms with Gasteiger partial charge >= 0.3 is 18.2 Å². The number of amides is 2. The average molecular weight is 661 g/mol. The number of nitrogens with zero attached hydrogens (tertiary/aromatic N) is 3. The zero-order valence-corrected chi connectivity index (χ0v) is 27.1. The minimum atomic E-state index is -0.942. The first-order chi connectivity index (χ1) is 23.2. The van der Waals surface area contributed by atoms with Crippen molar-refractivity contribution in [2.75, 3.05) is 19.7 Å². The van der Waals surface area contributed by atoms with E-state index in [1.165, 1.54) is 9.80 Å². The van der Waals surface area contributed by atoms with Gasteiger partial charge in [0.05, 0.1) is 12.5 Å². The van der Waals surface area contributed by atoms with Crippen LogP contribution in [0.1, 0.15) is 61.6 Å². The van der Waals surface area contributed by atoms with Gasteiger partial charge in [-0.05, 0) is 74.5 Å². The molecular formula is C36H44N4O8. The van der Waals surface area contributed by atoms with Crippen LogP contribution in [0, 0.1) is 11.8 Å². The Morgan fingerprint density at radius 1 is 0.896 bits per heavy atom. The number of esters is 1. The molecule has 3 N–H and O–H groups in total. The molecule has 3 heterocycles. The van der Waals surface area contributed by atoms with Crippen LogP contribution in [0.25, 0.3) is 0 Å². The molecule has 2 amide bonds. The molecule has 12 nitrogen and oxygen atoms in total. The third-order valence-corrected chi connectivity index (χ3v) is 9.30. The number of hydrogen-bond donors (Lipinski definition) is 3. The smallest absolute Gasteiger partial charge is 0.407 e. The van der Waals surface area contributed by atoms with Crippen LogP contribution in [-0.2, 0) is 27.2 Å². The van der Waals surface area contributed by atoms with Crippen LogP contribution in [0.2, 0.25) is 0 Å². The quantitative estimate of drug-likeness (QED) is 0.200. The second-order valence-electron chi connectivity index (χ2n) is 12.2. The van der Waals surface area contributed by atoms with Crippen LogP contribution in [0.3, 0.4) is 0 Å². The van der Waals surface area contributed by atoms with Gasteiger partial charge in [0.25, 0.3) is 5.56 Å². The van der Waals surface area contributed by atoms with Crippen molar-refractivity contribution >= 4 is 24.4 Å². The van der Waals surface area contributed by atoms with Gasteiger partial charge in [-0.2, -0.15) is 5.10 Å². The average Bonchev–Trinajstić information content (AvgIpc) is 3.08. The maximum atomic E-state index is 12.2. The van der Waals surface area contributed by atoms with Crippen molar-refractivity contribution in [1.29, 1.82) is 0 Å². The van der Waals surface area contributed by atoms with Crippen molar-refractivity contribution in [1.82, 2.24) is 20.0 Å². The molecule has 48 heavy (non-hydrogen) atoms. The van der Waals surface area contributed by atoms with E-state index in [-0.39, 0.29) is 48.5 Å². The first-order valence-electron chi connectivity index (χ1n) is 16.4. The van der Waals surface area contributed by atoms with Gasteiger partial charge in [-0.15, -0.1) is 0 Å². The highest BCUT2D eigenvalue weighted by molar-refractivity contribution is 5.76. The molecule has 2 aliphatic heterocycles. The Morgan fingerprint density at radius 2 is 1.46 bits per heavy atom. The number of likely N-dealkylation sites (tertiary alicyclic amines) is 2. The number of aldehydes is 1. The lowest BCUT2D eigenvalue weighted by Crippen LogP contribution is -2.48. The predicted octanol–water partition coefficient (Wildman–Crippen LogP) is 4.99. The number of benzene rings is 2. The fourth-order valence-corrected chi connectivity index (χ4v) is 6.95. The third-order valence-electron chi connectivity index (χ3n) is 9.30. The van der Waals surface area contributed by atoms with Gasteiger partial charge in [0, 0.05) is 43.4 Å². The Bertz CT molecular complexity index is 1550. The molecule has 0 spiro atoms. The number of H-pyrrole nitrogens is 1. The highest BCUT2D eigenvalue weighted by atomic mass is 16.5. The van der Waals surface area contributed by atoms with Gasteiger partial charge in [-0.1, -0.05) is 60.7 Å². The zero-order chi connectivity index (χ0) is 34.5. The van der Waals surface area contributed by atoms with Crippen molar-refractivity contribution in [3.05, 3.63) is 100.0 Å². The van der Waals surface area contributed by atoms with E-state index in [0.717, 1.165) is 17.4 Å². The molecule has 0 saturated carbocycles. The summed E-state index contributed by atoms with van der Waals surface area (Å²) >= 11 is 0. The number of aromatic nitrogens is 2. The topological polar surface area (TPSA) is 170 Å². The van der Waals surface area contributed by atoms with Crippen LogP contribution < -0.4 is 5.56 Å². The van der Waals surface area contributed by atoms with Crippen LogP contribution in [0.5, 0.6) is 0 Å². The molecule has 0 aliphatic carbocycles. The van der Waals surface area contributed by atoms with Gasteiger partial charge in [0.1, 0.15) is 6.29 Å². The maximum absolute atomic E-state index is 12.2. The lowest BCUT2D eigenvalue weighted by Gasteiger charge is -2.40. The monoisotopic (exact) mass is 660 g/mol. The number of nitrogens with one attached hydrogen (secondary N) is 1. The largest absolute Gasteiger partial charge is 0.466 e. The molecule has 5 rings (SSSR count). The Kier molecular flexibility index (Phi) is 13.3. The summed E-state index contributed by atoms with van der Waals surface area (Å²) in [7, 11) is 0. The van der Waals surface area contributed by atoms with Crippen molar-refractivity contribution in [3.8, 4) is 0 Å². The Hall–Kier alpha value is -5.00. The van der Waals surface area contributed by atoms with Gasteiger partial charge in [-0.25, -0.2) is 14.7 Å². The molecule has 12 heteroatoms. The van der Waals surface area contributed by atoms with Gasteiger partial charge < -0.3 is 29.5 Å². The number of carboxylic acid groups (broad SMARTS) is 2. The minimum absolute atomic E-state index is 0.0476. The summed E-state index contributed by atoms with van der Waals surface area (Å²) in [5.41, 5.74) is 2.68. The number of rotatable bonds is 10. The summed E-state index contributed by atoms with van der Waals surface area (Å²) in [6, 6.07) is 21.0. The second kappa shape index (κ2) is 17.8. The zero-order valence-electron chi connectivity index (χ0n) is 27.1. The van der Waals surface area contributed by atoms with Gasteiger partial charge in [0.15, 0.2) is 0 Å². The number of carbonyl (C=O) groups excluding carboxylic acids is 2. The van der Waals surface area contributed by atoms with Crippen LogP contribution >= 0.6 is 0 Å². The summed E-state index contributed by atoms with van der Waals surface area (Å²) in [6.07, 6.45) is 4.29. The third kappa shape index (κ3) is 9.76. The maximum Gasteiger partial charge on any atom is 0.407 e. The molecule has 5 atom stereocenters. The van der Waals surface area contributed by atoms with Crippen molar-refractivity contribution in [3.63, 3.8) is 0 Å². The first kappa shape index (κ1) is 35.8.